The predicted molar refractivity (Wildman–Crippen MR) is 61.6 cm³/mol. The summed E-state index contributed by atoms with van der Waals surface area (Å²) in [5.74, 6) is 0.803. The molecule has 0 amide bonds. The summed E-state index contributed by atoms with van der Waals surface area (Å²) in [6, 6.07) is 7.88. The van der Waals surface area contributed by atoms with Crippen LogP contribution >= 0.6 is 12.4 Å². The lowest BCUT2D eigenvalue weighted by Crippen LogP contribution is -2.31. The van der Waals surface area contributed by atoms with Crippen molar-refractivity contribution in [1.82, 2.24) is 5.32 Å². The highest BCUT2D eigenvalue weighted by Crippen LogP contribution is 2.30. The third kappa shape index (κ3) is 2.62. The first-order valence-electron chi connectivity index (χ1n) is 4.88. The molecule has 0 aromatic heterocycles. The Morgan fingerprint density at radius 1 is 1.40 bits per heavy atom. The molecule has 0 spiro atoms. The van der Waals surface area contributed by atoms with Crippen LogP contribution < -0.4 is 10.1 Å². The van der Waals surface area contributed by atoms with Gasteiger partial charge in [-0.2, -0.15) is 0 Å². The van der Waals surface area contributed by atoms with Gasteiger partial charge in [0.05, 0.1) is 6.10 Å². The molecule has 3 nitrogen and oxygen atoms in total. The first kappa shape index (κ1) is 12.3. The molecule has 1 aliphatic heterocycles. The van der Waals surface area contributed by atoms with Gasteiger partial charge in [-0.15, -0.1) is 12.4 Å². The molecule has 1 aliphatic rings. The third-order valence-corrected chi connectivity index (χ3v) is 2.63. The van der Waals surface area contributed by atoms with Crippen LogP contribution in [0, 0.1) is 0 Å². The van der Waals surface area contributed by atoms with Gasteiger partial charge in [0.25, 0.3) is 0 Å². The summed E-state index contributed by atoms with van der Waals surface area (Å²) in [6.07, 6.45) is 0.277. The van der Waals surface area contributed by atoms with Gasteiger partial charge < -0.3 is 15.2 Å². The highest BCUT2D eigenvalue weighted by molar-refractivity contribution is 5.85. The number of rotatable bonds is 1. The summed E-state index contributed by atoms with van der Waals surface area (Å²) in [6.45, 7) is 0.616. The van der Waals surface area contributed by atoms with E-state index in [4.69, 9.17) is 4.74 Å². The Morgan fingerprint density at radius 3 is 2.87 bits per heavy atom. The zero-order valence-electron chi connectivity index (χ0n) is 8.64. The van der Waals surface area contributed by atoms with Crippen molar-refractivity contribution in [1.29, 1.82) is 0 Å². The summed E-state index contributed by atoms with van der Waals surface area (Å²) in [7, 11) is 1.89. The molecule has 1 aromatic carbocycles. The molecule has 0 radical (unpaired) electrons. The van der Waals surface area contributed by atoms with Crippen LogP contribution in [-0.2, 0) is 0 Å². The van der Waals surface area contributed by atoms with Crippen LogP contribution in [0.1, 0.15) is 18.1 Å². The van der Waals surface area contributed by atoms with E-state index >= 15 is 0 Å². The summed E-state index contributed by atoms with van der Waals surface area (Å²) in [5.41, 5.74) is 0.894. The van der Waals surface area contributed by atoms with E-state index in [1.807, 2.05) is 31.3 Å². The van der Waals surface area contributed by atoms with Crippen molar-refractivity contribution in [3.05, 3.63) is 29.8 Å². The van der Waals surface area contributed by atoms with Crippen molar-refractivity contribution in [3.8, 4) is 5.75 Å². The number of likely N-dealkylation sites (N-methyl/N-ethyl adjacent to an activating group) is 1. The van der Waals surface area contributed by atoms with Gasteiger partial charge >= 0.3 is 0 Å². The maximum absolute atomic E-state index is 9.92. The number of fused-ring (bicyclic) bond motifs is 1. The van der Waals surface area contributed by atoms with Crippen LogP contribution in [0.4, 0.5) is 0 Å². The Kier molecular flexibility index (Phi) is 4.39. The second-order valence-electron chi connectivity index (χ2n) is 3.59. The first-order valence-corrected chi connectivity index (χ1v) is 4.88. The first-order chi connectivity index (χ1) is 6.81. The quantitative estimate of drug-likeness (QED) is 0.767. The lowest BCUT2D eigenvalue weighted by Gasteiger charge is -2.14. The van der Waals surface area contributed by atoms with Crippen molar-refractivity contribution >= 4 is 12.4 Å². The minimum atomic E-state index is -0.425. The minimum absolute atomic E-state index is 0. The number of hydrogen-bond donors (Lipinski definition) is 2. The highest BCUT2D eigenvalue weighted by atomic mass is 35.5. The van der Waals surface area contributed by atoms with Gasteiger partial charge in [-0.25, -0.2) is 0 Å². The predicted octanol–water partition coefficient (Wildman–Crippen LogP) is 1.51. The monoisotopic (exact) mass is 229 g/mol. The molecule has 0 unspecified atom stereocenters. The minimum Gasteiger partial charge on any atom is -0.492 e. The smallest absolute Gasteiger partial charge is 0.125 e. The average molecular weight is 230 g/mol. The molecule has 4 heteroatoms. The third-order valence-electron chi connectivity index (χ3n) is 2.63. The van der Waals surface area contributed by atoms with E-state index in [0.29, 0.717) is 13.0 Å². The van der Waals surface area contributed by atoms with Crippen LogP contribution in [0.25, 0.3) is 0 Å². The van der Waals surface area contributed by atoms with Gasteiger partial charge in [-0.1, -0.05) is 18.2 Å². The summed E-state index contributed by atoms with van der Waals surface area (Å²) in [4.78, 5) is 0. The molecule has 84 valence electrons. The Hall–Kier alpha value is -0.770. The van der Waals surface area contributed by atoms with Crippen molar-refractivity contribution in [2.75, 3.05) is 13.7 Å². The van der Waals surface area contributed by atoms with Crippen LogP contribution in [0.15, 0.2) is 24.3 Å². The molecule has 2 rings (SSSR count). The van der Waals surface area contributed by atoms with Gasteiger partial charge in [0, 0.05) is 11.6 Å². The Labute approximate surface area is 95.9 Å². The van der Waals surface area contributed by atoms with Gasteiger partial charge in [-0.05, 0) is 19.5 Å². The SMILES string of the molecule is CN[C@H]1COc2ccccc2[C@@H](O)C1.Cl. The maximum atomic E-state index is 9.92. The van der Waals surface area contributed by atoms with Crippen molar-refractivity contribution in [2.45, 2.75) is 18.6 Å². The molecular weight excluding hydrogens is 214 g/mol. The van der Waals surface area contributed by atoms with Crippen molar-refractivity contribution in [2.24, 2.45) is 0 Å². The number of aliphatic hydroxyl groups excluding tert-OH is 1. The number of benzene rings is 1. The molecule has 0 aliphatic carbocycles. The highest BCUT2D eigenvalue weighted by Gasteiger charge is 2.22. The Morgan fingerprint density at radius 2 is 2.13 bits per heavy atom. The molecule has 1 heterocycles. The molecule has 0 fully saturated rings. The second kappa shape index (κ2) is 5.35. The summed E-state index contributed by atoms with van der Waals surface area (Å²) in [5, 5.41) is 13.0. The lowest BCUT2D eigenvalue weighted by atomic mass is 10.0. The van der Waals surface area contributed by atoms with Gasteiger partial charge in [0.1, 0.15) is 12.4 Å². The fraction of sp³-hybridized carbons (Fsp3) is 0.455. The van der Waals surface area contributed by atoms with Gasteiger partial charge in [0.2, 0.25) is 0 Å². The normalized spacial score (nSPS) is 24.4. The van der Waals surface area contributed by atoms with E-state index in [0.717, 1.165) is 11.3 Å². The van der Waals surface area contributed by atoms with E-state index in [1.54, 1.807) is 0 Å². The van der Waals surface area contributed by atoms with Crippen LogP contribution in [0.3, 0.4) is 0 Å². The van der Waals surface area contributed by atoms with E-state index in [1.165, 1.54) is 0 Å². The largest absolute Gasteiger partial charge is 0.492 e. The molecule has 0 saturated heterocycles. The second-order valence-corrected chi connectivity index (χ2v) is 3.59. The standard InChI is InChI=1S/C11H15NO2.ClH/c1-12-8-6-10(13)9-4-2-3-5-11(9)14-7-8;/h2-5,8,10,12-13H,6-7H2,1H3;1H/t8-,10+;/m1./s1. The Bertz CT molecular complexity index is 319. The van der Waals surface area contributed by atoms with Crippen LogP contribution in [0.2, 0.25) is 0 Å². The van der Waals surface area contributed by atoms with E-state index in [9.17, 15) is 5.11 Å². The topological polar surface area (TPSA) is 41.5 Å². The van der Waals surface area contributed by atoms with E-state index in [2.05, 4.69) is 5.32 Å². The fourth-order valence-corrected chi connectivity index (χ4v) is 1.74. The summed E-state index contributed by atoms with van der Waals surface area (Å²) < 4.78 is 5.60. The number of halogens is 1. The van der Waals surface area contributed by atoms with Gasteiger partial charge in [0.15, 0.2) is 0 Å². The number of para-hydroxylation sites is 1. The molecule has 2 atom stereocenters. The zero-order valence-corrected chi connectivity index (χ0v) is 9.46. The number of aliphatic hydroxyl groups is 1. The number of ether oxygens (including phenoxy) is 1. The van der Waals surface area contributed by atoms with Crippen LogP contribution in [-0.4, -0.2) is 24.8 Å². The number of nitrogens with one attached hydrogen (secondary N) is 1. The van der Waals surface area contributed by atoms with Crippen molar-refractivity contribution in [3.63, 3.8) is 0 Å². The zero-order chi connectivity index (χ0) is 9.97. The molecule has 0 saturated carbocycles. The van der Waals surface area contributed by atoms with Crippen molar-refractivity contribution < 1.29 is 9.84 Å². The average Bonchev–Trinajstić information content (AvgIpc) is 2.39. The molecule has 2 N–H and O–H groups in total. The van der Waals surface area contributed by atoms with E-state index in [-0.39, 0.29) is 18.4 Å². The molecular formula is C11H16ClNO2. The van der Waals surface area contributed by atoms with Crippen LogP contribution in [0.5, 0.6) is 5.75 Å². The fourth-order valence-electron chi connectivity index (χ4n) is 1.74. The molecule has 15 heavy (non-hydrogen) atoms. The Balaban J connectivity index is 0.00000112. The molecule has 0 bridgehead atoms. The lowest BCUT2D eigenvalue weighted by molar-refractivity contribution is 0.153. The maximum Gasteiger partial charge on any atom is 0.125 e. The van der Waals surface area contributed by atoms with E-state index < -0.39 is 6.10 Å². The number of hydrogen-bond acceptors (Lipinski definition) is 3. The summed E-state index contributed by atoms with van der Waals surface area (Å²) >= 11 is 0. The van der Waals surface area contributed by atoms with Gasteiger partial charge in [-0.3, -0.25) is 0 Å². The molecule has 1 aromatic rings.